The highest BCUT2D eigenvalue weighted by atomic mass is 16.7. The topological polar surface area (TPSA) is 314 Å². The molecule has 1 unspecified atom stereocenters. The summed E-state index contributed by atoms with van der Waals surface area (Å²) in [6.07, 6.45) is 3.62. The Kier molecular flexibility index (Phi) is 18.5. The van der Waals surface area contributed by atoms with Crippen LogP contribution in [0.5, 0.6) is 0 Å². The molecule has 3 aliphatic carbocycles. The minimum absolute atomic E-state index is 0.00683. The van der Waals surface area contributed by atoms with Crippen molar-refractivity contribution < 1.29 is 42.9 Å². The number of hydrogen-bond acceptors (Lipinski definition) is 12. The van der Waals surface area contributed by atoms with E-state index in [9.17, 15) is 33.6 Å². The highest BCUT2D eigenvalue weighted by Gasteiger charge is 2.68. The second-order valence-corrected chi connectivity index (χ2v) is 20.7. The van der Waals surface area contributed by atoms with Crippen molar-refractivity contribution >= 4 is 48.5 Å². The largest absolute Gasteiger partial charge is 0.497 e. The lowest BCUT2D eigenvalue weighted by Crippen LogP contribution is -2.65. The molecule has 2 aromatic rings. The van der Waals surface area contributed by atoms with Crippen molar-refractivity contribution in [1.29, 1.82) is 0 Å². The molecule has 2 aromatic carbocycles. The summed E-state index contributed by atoms with van der Waals surface area (Å²) in [7, 11) is -0.990. The number of carbonyl (C=O) groups is 7. The summed E-state index contributed by atoms with van der Waals surface area (Å²) in [6, 6.07) is 10.5. The van der Waals surface area contributed by atoms with E-state index in [-0.39, 0.29) is 42.7 Å². The number of rotatable bonds is 24. The van der Waals surface area contributed by atoms with Crippen molar-refractivity contribution in [2.24, 2.45) is 45.6 Å². The number of hydrogen-bond donors (Lipinski definition) is 10. The zero-order chi connectivity index (χ0) is 50.8. The molecule has 378 valence electrons. The van der Waals surface area contributed by atoms with Gasteiger partial charge in [-0.3, -0.25) is 33.6 Å². The van der Waals surface area contributed by atoms with E-state index >= 15 is 0 Å². The van der Waals surface area contributed by atoms with Crippen LogP contribution in [0.2, 0.25) is 0 Å². The third kappa shape index (κ3) is 13.9. The third-order valence-electron chi connectivity index (χ3n) is 14.1. The average Bonchev–Trinajstić information content (AvgIpc) is 3.66. The molecule has 19 nitrogen and oxygen atoms in total. The summed E-state index contributed by atoms with van der Waals surface area (Å²) >= 11 is 0. The number of carbonyl (C=O) groups excluding carboxylic acids is 7. The van der Waals surface area contributed by atoms with Gasteiger partial charge in [0.15, 0.2) is 6.17 Å². The summed E-state index contributed by atoms with van der Waals surface area (Å²) in [5.41, 5.74) is 25.9. The van der Waals surface area contributed by atoms with E-state index in [1.54, 1.807) is 32.9 Å². The van der Waals surface area contributed by atoms with Gasteiger partial charge >= 0.3 is 7.12 Å². The van der Waals surface area contributed by atoms with Gasteiger partial charge in [0.05, 0.1) is 18.1 Å². The van der Waals surface area contributed by atoms with Gasteiger partial charge in [-0.05, 0) is 110 Å². The fourth-order valence-corrected chi connectivity index (χ4v) is 9.76. The molecule has 1 aliphatic heterocycles. The lowest BCUT2D eigenvalue weighted by atomic mass is 9.43. The molecule has 14 N–H and O–H groups in total. The Morgan fingerprint density at radius 1 is 0.783 bits per heavy atom. The van der Waals surface area contributed by atoms with Crippen LogP contribution in [0.3, 0.4) is 0 Å². The fraction of sp³-hybridized carbons (Fsp3) is 0.612. The van der Waals surface area contributed by atoms with E-state index in [2.05, 4.69) is 76.9 Å². The van der Waals surface area contributed by atoms with E-state index in [0.717, 1.165) is 43.2 Å². The lowest BCUT2D eigenvalue weighted by molar-refractivity contribution is -0.199. The van der Waals surface area contributed by atoms with Gasteiger partial charge in [0.2, 0.25) is 29.5 Å². The number of nitrogens with one attached hydrogen (secondary N) is 6. The smallest absolute Gasteiger partial charge is 0.403 e. The number of aryl methyl sites for hydroxylation is 1. The van der Waals surface area contributed by atoms with Crippen LogP contribution in [-0.2, 0) is 44.5 Å². The summed E-state index contributed by atoms with van der Waals surface area (Å²) in [5, 5.41) is 15.5. The van der Waals surface area contributed by atoms with Crippen LogP contribution in [0, 0.1) is 22.7 Å². The quantitative estimate of drug-likeness (QED) is 0.0406. The first-order valence-electron chi connectivity index (χ1n) is 24.3. The zero-order valence-corrected chi connectivity index (χ0v) is 41.3. The van der Waals surface area contributed by atoms with Crippen LogP contribution in [0.4, 0.5) is 0 Å². The van der Waals surface area contributed by atoms with Gasteiger partial charge in [0, 0.05) is 18.5 Å². The van der Waals surface area contributed by atoms with Crippen molar-refractivity contribution in [3.05, 3.63) is 59.7 Å². The highest BCUT2D eigenvalue weighted by Crippen LogP contribution is 2.65. The van der Waals surface area contributed by atoms with E-state index in [1.807, 2.05) is 19.1 Å². The van der Waals surface area contributed by atoms with Crippen LogP contribution in [0.25, 0.3) is 11.1 Å². The Labute approximate surface area is 406 Å². The number of unbranched alkanes of at least 4 members (excludes halogenated alkanes) is 2. The maximum Gasteiger partial charge on any atom is 0.497 e. The van der Waals surface area contributed by atoms with Gasteiger partial charge < -0.3 is 64.1 Å². The second-order valence-electron chi connectivity index (χ2n) is 20.7. The van der Waals surface area contributed by atoms with Crippen molar-refractivity contribution in [3.8, 4) is 11.1 Å². The minimum atomic E-state index is -1.75. The van der Waals surface area contributed by atoms with Crippen LogP contribution in [0.15, 0.2) is 48.5 Å². The Balaban J connectivity index is 1.12. The standard InChI is InChI=1S/C49H75BN10O9/c1-8-9-12-28-14-16-29(17-15-28)30-18-20-31(21-19-30)41(63)55-24-22-38(62)56-33(13-10-11-23-51)42(64)58-39(47(2,3)4)44(66)59-40(53)45(67)57-34(27-37(52)61)43(65)60-46(54)50-68-36-26-32-25-35(48(32,5)6)49(36,7)69-50/h14-21,32-36,39-40,46H,8-13,22-27,51,53-54H2,1-7H3,(H2,52,61)(H,55,63)(H,56,62)(H,57,67)(H,58,64)(H,59,66)(H,60,65)/t32-,33-,34-,35-,36?,39+,40+,46+,49-/m0/s1. The summed E-state index contributed by atoms with van der Waals surface area (Å²) in [5.74, 6) is -4.47. The first-order chi connectivity index (χ1) is 32.5. The van der Waals surface area contributed by atoms with Crippen LogP contribution >= 0.6 is 0 Å². The Bertz CT molecular complexity index is 2150. The maximum atomic E-state index is 13.8. The molecule has 0 aromatic heterocycles. The lowest BCUT2D eigenvalue weighted by Gasteiger charge is -2.64. The van der Waals surface area contributed by atoms with Gasteiger partial charge in [0.25, 0.3) is 11.8 Å². The molecule has 9 atom stereocenters. The number of benzene rings is 2. The molecule has 6 rings (SSSR count). The van der Waals surface area contributed by atoms with Crippen molar-refractivity contribution in [3.63, 3.8) is 0 Å². The molecular weight excluding hydrogens is 883 g/mol. The number of primary amides is 1. The predicted molar refractivity (Wildman–Crippen MR) is 262 cm³/mol. The predicted octanol–water partition coefficient (Wildman–Crippen LogP) is 1.39. The van der Waals surface area contributed by atoms with E-state index in [4.69, 9.17) is 32.2 Å². The summed E-state index contributed by atoms with van der Waals surface area (Å²) in [6.45, 7) is 14.0. The van der Waals surface area contributed by atoms with E-state index < -0.39 is 90.4 Å². The van der Waals surface area contributed by atoms with Gasteiger partial charge in [-0.1, -0.05) is 84.4 Å². The summed E-state index contributed by atoms with van der Waals surface area (Å²) in [4.78, 5) is 92.6. The second kappa shape index (κ2) is 23.5. The van der Waals surface area contributed by atoms with Crippen LogP contribution in [-0.4, -0.2) is 104 Å². The zero-order valence-electron chi connectivity index (χ0n) is 41.3. The Morgan fingerprint density at radius 3 is 2.01 bits per heavy atom. The molecular formula is C49H75BN10O9. The van der Waals surface area contributed by atoms with Crippen molar-refractivity contribution in [2.45, 2.75) is 155 Å². The molecule has 1 saturated heterocycles. The number of amides is 7. The minimum Gasteiger partial charge on any atom is -0.403 e. The monoisotopic (exact) mass is 959 g/mol. The van der Waals surface area contributed by atoms with Crippen LogP contribution < -0.4 is 54.8 Å². The van der Waals surface area contributed by atoms with Gasteiger partial charge in [-0.15, -0.1) is 0 Å². The molecule has 3 saturated carbocycles. The van der Waals surface area contributed by atoms with Gasteiger partial charge in [-0.25, -0.2) is 0 Å². The normalized spacial score (nSPS) is 22.3. The summed E-state index contributed by atoms with van der Waals surface area (Å²) < 4.78 is 12.5. The molecule has 4 fully saturated rings. The van der Waals surface area contributed by atoms with Gasteiger partial charge in [-0.2, -0.15) is 0 Å². The van der Waals surface area contributed by atoms with Gasteiger partial charge in [0.1, 0.15) is 24.2 Å². The van der Waals surface area contributed by atoms with Crippen molar-refractivity contribution in [2.75, 3.05) is 13.1 Å². The molecule has 0 spiro atoms. The average molecular weight is 959 g/mol. The highest BCUT2D eigenvalue weighted by molar-refractivity contribution is 6.47. The molecule has 1 heterocycles. The molecule has 20 heteroatoms. The number of nitrogens with two attached hydrogens (primary N) is 4. The molecule has 0 radical (unpaired) electrons. The molecule has 69 heavy (non-hydrogen) atoms. The Hall–Kier alpha value is -5.41. The molecule has 4 aliphatic rings. The third-order valence-corrected chi connectivity index (χ3v) is 14.1. The van der Waals surface area contributed by atoms with Crippen LogP contribution in [0.1, 0.15) is 122 Å². The van der Waals surface area contributed by atoms with Crippen molar-refractivity contribution in [1.82, 2.24) is 31.9 Å². The van der Waals surface area contributed by atoms with E-state index in [0.29, 0.717) is 30.9 Å². The van der Waals surface area contributed by atoms with E-state index in [1.165, 1.54) is 5.56 Å². The molecule has 7 amide bonds. The first-order valence-corrected chi connectivity index (χ1v) is 24.3. The first kappa shape index (κ1) is 54.5. The fourth-order valence-electron chi connectivity index (χ4n) is 9.76. The Morgan fingerprint density at radius 2 is 1.42 bits per heavy atom. The molecule has 2 bridgehead atoms. The SMILES string of the molecule is CCCCc1ccc(-c2ccc(C(=O)NCCC(=O)N[C@@H](CCCCN)C(=O)N[C@H](C(=O)N[C@@H](N)C(=O)N[C@@H](CC(N)=O)C(=O)N[C@@H](N)B3OC4C[C@@H]5C[C@@H](C5(C)C)[C@]4(C)O3)C(C)(C)C)cc2)cc1. The maximum absolute atomic E-state index is 13.8.